The molecule has 0 aliphatic heterocycles. The molecule has 92 valence electrons. The molecule has 0 N–H and O–H groups in total. The van der Waals surface area contributed by atoms with Crippen molar-refractivity contribution in [2.24, 2.45) is 11.8 Å². The number of carbonyl (C=O) groups excluding carboxylic acids is 1. The Kier molecular flexibility index (Phi) is 3.57. The molecular formula is C13H15ClO3. The van der Waals surface area contributed by atoms with Crippen LogP contribution in [0, 0.1) is 11.8 Å². The zero-order chi connectivity index (χ0) is 12.4. The summed E-state index contributed by atoms with van der Waals surface area (Å²) in [5.74, 6) is 1.30. The molecule has 0 saturated heterocycles. The van der Waals surface area contributed by atoms with Crippen molar-refractivity contribution in [3.63, 3.8) is 0 Å². The molecule has 0 radical (unpaired) electrons. The first-order valence-electron chi connectivity index (χ1n) is 5.62. The maximum atomic E-state index is 11.8. The second-order valence-electron chi connectivity index (χ2n) is 4.42. The number of methoxy groups -OCH3 is 1. The maximum absolute atomic E-state index is 11.8. The molecular weight excluding hydrogens is 240 g/mol. The van der Waals surface area contributed by atoms with Gasteiger partial charge in [-0.15, -0.1) is 0 Å². The summed E-state index contributed by atoms with van der Waals surface area (Å²) in [4.78, 5) is 11.8. The molecule has 0 bridgehead atoms. The molecule has 1 aromatic carbocycles. The molecule has 2 unspecified atom stereocenters. The van der Waals surface area contributed by atoms with E-state index in [0.29, 0.717) is 34.8 Å². The number of esters is 1. The van der Waals surface area contributed by atoms with Gasteiger partial charge in [-0.3, -0.25) is 0 Å². The standard InChI is InChI=1S/C13H15ClO3/c1-8-5-9(8)7-17-13(15)11-4-3-10(14)6-12(11)16-2/h3-4,6,8-9H,5,7H2,1-2H3. The van der Waals surface area contributed by atoms with Gasteiger partial charge in [0.2, 0.25) is 0 Å². The van der Waals surface area contributed by atoms with Crippen LogP contribution in [0.2, 0.25) is 5.02 Å². The zero-order valence-corrected chi connectivity index (χ0v) is 10.7. The first-order chi connectivity index (χ1) is 8.11. The number of hydrogen-bond acceptors (Lipinski definition) is 3. The summed E-state index contributed by atoms with van der Waals surface area (Å²) < 4.78 is 10.3. The SMILES string of the molecule is COc1cc(Cl)ccc1C(=O)OCC1CC1C. The molecule has 1 saturated carbocycles. The second-order valence-corrected chi connectivity index (χ2v) is 4.85. The van der Waals surface area contributed by atoms with E-state index in [-0.39, 0.29) is 5.97 Å². The van der Waals surface area contributed by atoms with Crippen molar-refractivity contribution < 1.29 is 14.3 Å². The average molecular weight is 255 g/mol. The van der Waals surface area contributed by atoms with Gasteiger partial charge in [0.25, 0.3) is 0 Å². The largest absolute Gasteiger partial charge is 0.496 e. The molecule has 0 spiro atoms. The molecule has 2 atom stereocenters. The molecule has 2 rings (SSSR count). The molecule has 1 fully saturated rings. The van der Waals surface area contributed by atoms with Gasteiger partial charge in [0.05, 0.1) is 13.7 Å². The summed E-state index contributed by atoms with van der Waals surface area (Å²) in [6.45, 7) is 2.65. The zero-order valence-electron chi connectivity index (χ0n) is 9.90. The third-order valence-electron chi connectivity index (χ3n) is 3.09. The van der Waals surface area contributed by atoms with Gasteiger partial charge in [0.15, 0.2) is 0 Å². The second kappa shape index (κ2) is 4.96. The van der Waals surface area contributed by atoms with Gasteiger partial charge in [-0.25, -0.2) is 4.79 Å². The van der Waals surface area contributed by atoms with Crippen LogP contribution in [0.3, 0.4) is 0 Å². The van der Waals surface area contributed by atoms with Gasteiger partial charge < -0.3 is 9.47 Å². The van der Waals surface area contributed by atoms with E-state index in [2.05, 4.69) is 6.92 Å². The summed E-state index contributed by atoms with van der Waals surface area (Å²) in [7, 11) is 1.51. The highest BCUT2D eigenvalue weighted by Gasteiger charge is 2.33. The van der Waals surface area contributed by atoms with Crippen LogP contribution in [0.1, 0.15) is 23.7 Å². The predicted molar refractivity (Wildman–Crippen MR) is 65.6 cm³/mol. The lowest BCUT2D eigenvalue weighted by molar-refractivity contribution is 0.0477. The number of benzene rings is 1. The summed E-state index contributed by atoms with van der Waals surface area (Å²) in [6.07, 6.45) is 1.14. The first-order valence-corrected chi connectivity index (χ1v) is 6.00. The van der Waals surface area contributed by atoms with Crippen molar-refractivity contribution >= 4 is 17.6 Å². The van der Waals surface area contributed by atoms with E-state index in [4.69, 9.17) is 21.1 Å². The molecule has 17 heavy (non-hydrogen) atoms. The van der Waals surface area contributed by atoms with E-state index in [1.165, 1.54) is 7.11 Å². The molecule has 3 nitrogen and oxygen atoms in total. The van der Waals surface area contributed by atoms with Crippen molar-refractivity contribution in [1.29, 1.82) is 0 Å². The highest BCUT2D eigenvalue weighted by Crippen LogP contribution is 2.38. The Hall–Kier alpha value is -1.22. The van der Waals surface area contributed by atoms with Crippen LogP contribution in [-0.2, 0) is 4.74 Å². The van der Waals surface area contributed by atoms with E-state index in [0.717, 1.165) is 6.42 Å². The summed E-state index contributed by atoms with van der Waals surface area (Å²) >= 11 is 5.82. The van der Waals surface area contributed by atoms with Crippen LogP contribution in [0.5, 0.6) is 5.75 Å². The van der Waals surface area contributed by atoms with Gasteiger partial charge in [0, 0.05) is 5.02 Å². The first kappa shape index (κ1) is 12.2. The number of halogens is 1. The molecule has 0 amide bonds. The van der Waals surface area contributed by atoms with E-state index in [1.807, 2.05) is 0 Å². The fraction of sp³-hybridized carbons (Fsp3) is 0.462. The minimum atomic E-state index is -0.349. The maximum Gasteiger partial charge on any atom is 0.341 e. The predicted octanol–water partition coefficient (Wildman–Crippen LogP) is 3.16. The normalized spacial score (nSPS) is 22.1. The van der Waals surface area contributed by atoms with E-state index >= 15 is 0 Å². The third kappa shape index (κ3) is 2.91. The molecule has 1 aliphatic rings. The van der Waals surface area contributed by atoms with Gasteiger partial charge >= 0.3 is 5.97 Å². The Labute approximate surface area is 106 Å². The quantitative estimate of drug-likeness (QED) is 0.775. The lowest BCUT2D eigenvalue weighted by atomic mass is 10.2. The van der Waals surface area contributed by atoms with Crippen molar-refractivity contribution in [3.8, 4) is 5.75 Å². The topological polar surface area (TPSA) is 35.5 Å². The lowest BCUT2D eigenvalue weighted by Gasteiger charge is -2.08. The Balaban J connectivity index is 2.02. The molecule has 4 heteroatoms. The Morgan fingerprint density at radius 2 is 2.24 bits per heavy atom. The fourth-order valence-corrected chi connectivity index (χ4v) is 1.89. The van der Waals surface area contributed by atoms with Crippen LogP contribution < -0.4 is 4.74 Å². The Bertz CT molecular complexity index is 431. The van der Waals surface area contributed by atoms with Gasteiger partial charge in [-0.05, 0) is 36.5 Å². The summed E-state index contributed by atoms with van der Waals surface area (Å²) in [5, 5.41) is 0.536. The number of hydrogen-bond donors (Lipinski definition) is 0. The number of ether oxygens (including phenoxy) is 2. The minimum Gasteiger partial charge on any atom is -0.496 e. The lowest BCUT2D eigenvalue weighted by Crippen LogP contribution is -2.09. The minimum absolute atomic E-state index is 0.349. The fourth-order valence-electron chi connectivity index (χ4n) is 1.73. The molecule has 0 heterocycles. The van der Waals surface area contributed by atoms with Crippen LogP contribution in [0.15, 0.2) is 18.2 Å². The van der Waals surface area contributed by atoms with Gasteiger partial charge in [0.1, 0.15) is 11.3 Å². The van der Waals surface area contributed by atoms with Crippen molar-refractivity contribution in [3.05, 3.63) is 28.8 Å². The van der Waals surface area contributed by atoms with E-state index < -0.39 is 0 Å². The smallest absolute Gasteiger partial charge is 0.341 e. The average Bonchev–Trinajstić information content (AvgIpc) is 3.02. The third-order valence-corrected chi connectivity index (χ3v) is 3.32. The van der Waals surface area contributed by atoms with E-state index in [9.17, 15) is 4.79 Å². The van der Waals surface area contributed by atoms with Gasteiger partial charge in [-0.1, -0.05) is 18.5 Å². The van der Waals surface area contributed by atoms with Crippen molar-refractivity contribution in [1.82, 2.24) is 0 Å². The van der Waals surface area contributed by atoms with Crippen LogP contribution >= 0.6 is 11.6 Å². The van der Waals surface area contributed by atoms with Crippen LogP contribution in [-0.4, -0.2) is 19.7 Å². The van der Waals surface area contributed by atoms with Crippen molar-refractivity contribution in [2.45, 2.75) is 13.3 Å². The monoisotopic (exact) mass is 254 g/mol. The van der Waals surface area contributed by atoms with E-state index in [1.54, 1.807) is 18.2 Å². The molecule has 1 aromatic rings. The number of rotatable bonds is 4. The highest BCUT2D eigenvalue weighted by molar-refractivity contribution is 6.30. The van der Waals surface area contributed by atoms with Crippen molar-refractivity contribution in [2.75, 3.05) is 13.7 Å². The Morgan fingerprint density at radius 3 is 2.82 bits per heavy atom. The molecule has 1 aliphatic carbocycles. The van der Waals surface area contributed by atoms with Crippen LogP contribution in [0.25, 0.3) is 0 Å². The summed E-state index contributed by atoms with van der Waals surface area (Å²) in [5.41, 5.74) is 0.421. The van der Waals surface area contributed by atoms with Crippen LogP contribution in [0.4, 0.5) is 0 Å². The highest BCUT2D eigenvalue weighted by atomic mass is 35.5. The Morgan fingerprint density at radius 1 is 1.53 bits per heavy atom. The summed E-state index contributed by atoms with van der Waals surface area (Å²) in [6, 6.07) is 4.89. The number of carbonyl (C=O) groups is 1. The molecule has 0 aromatic heterocycles. The van der Waals surface area contributed by atoms with Gasteiger partial charge in [-0.2, -0.15) is 0 Å².